The molecule has 0 radical (unpaired) electrons. The largest absolute Gasteiger partial charge is 0.385 e. The van der Waals surface area contributed by atoms with Gasteiger partial charge in [0.1, 0.15) is 5.82 Å². The molecule has 0 saturated heterocycles. The Balaban J connectivity index is 1.51. The fourth-order valence-corrected chi connectivity index (χ4v) is 3.70. The van der Waals surface area contributed by atoms with Crippen LogP contribution >= 0.6 is 0 Å². The second-order valence-electron chi connectivity index (χ2n) is 7.73. The Kier molecular flexibility index (Phi) is 6.81. The van der Waals surface area contributed by atoms with Gasteiger partial charge in [-0.05, 0) is 66.0 Å². The lowest BCUT2D eigenvalue weighted by Gasteiger charge is -2.09. The molecule has 0 aliphatic rings. The molecular formula is C26H23F3N2O. The van der Waals surface area contributed by atoms with Crippen molar-refractivity contribution >= 4 is 10.8 Å². The Bertz CT molecular complexity index is 1230. The molecule has 0 aliphatic heterocycles. The molecule has 0 saturated carbocycles. The van der Waals surface area contributed by atoms with Crippen LogP contribution < -0.4 is 0 Å². The molecule has 3 aromatic carbocycles. The summed E-state index contributed by atoms with van der Waals surface area (Å²) in [5, 5.41) is 1.26. The monoisotopic (exact) mass is 436 g/mol. The third kappa shape index (κ3) is 4.97. The van der Waals surface area contributed by atoms with Gasteiger partial charge in [0.15, 0.2) is 17.5 Å². The second kappa shape index (κ2) is 9.92. The first kappa shape index (κ1) is 22.0. The minimum absolute atomic E-state index is 0.300. The Morgan fingerprint density at radius 3 is 2.34 bits per heavy atom. The highest BCUT2D eigenvalue weighted by molar-refractivity contribution is 5.87. The van der Waals surface area contributed by atoms with Gasteiger partial charge < -0.3 is 4.74 Å². The molecule has 1 aromatic heterocycles. The van der Waals surface area contributed by atoms with Crippen LogP contribution in [-0.2, 0) is 24.0 Å². The predicted octanol–water partition coefficient (Wildman–Crippen LogP) is 6.08. The van der Waals surface area contributed by atoms with Gasteiger partial charge in [-0.25, -0.2) is 23.1 Å². The Hall–Kier alpha value is -3.25. The molecule has 4 rings (SSSR count). The number of fused-ring (bicyclic) bond motifs is 1. The summed E-state index contributed by atoms with van der Waals surface area (Å²) in [7, 11) is 1.68. The van der Waals surface area contributed by atoms with Crippen molar-refractivity contribution < 1.29 is 17.9 Å². The van der Waals surface area contributed by atoms with Crippen molar-refractivity contribution in [3.8, 4) is 11.4 Å². The van der Waals surface area contributed by atoms with Gasteiger partial charge >= 0.3 is 0 Å². The van der Waals surface area contributed by atoms with Gasteiger partial charge in [0.2, 0.25) is 0 Å². The second-order valence-corrected chi connectivity index (χ2v) is 7.73. The molecule has 0 aliphatic carbocycles. The number of hydrogen-bond acceptors (Lipinski definition) is 3. The summed E-state index contributed by atoms with van der Waals surface area (Å²) < 4.78 is 46.6. The van der Waals surface area contributed by atoms with Crippen molar-refractivity contribution in [3.05, 3.63) is 95.1 Å². The Labute approximate surface area is 184 Å². The molecule has 4 aromatic rings. The third-order valence-corrected chi connectivity index (χ3v) is 5.48. The van der Waals surface area contributed by atoms with Crippen LogP contribution in [0.4, 0.5) is 13.2 Å². The zero-order valence-corrected chi connectivity index (χ0v) is 17.7. The number of ether oxygens (including phenoxy) is 1. The van der Waals surface area contributed by atoms with Crippen LogP contribution in [0.25, 0.3) is 22.2 Å². The lowest BCUT2D eigenvalue weighted by atomic mass is 9.99. The van der Waals surface area contributed by atoms with Crippen LogP contribution in [0, 0.1) is 17.5 Å². The third-order valence-electron chi connectivity index (χ3n) is 5.48. The highest BCUT2D eigenvalue weighted by Crippen LogP contribution is 2.27. The van der Waals surface area contributed by atoms with E-state index in [4.69, 9.17) is 4.74 Å². The number of hydrogen-bond donors (Lipinski definition) is 0. The molecule has 6 heteroatoms. The molecule has 0 atom stereocenters. The average Bonchev–Trinajstić information content (AvgIpc) is 2.81. The maximum atomic E-state index is 15.1. The number of aromatic nitrogens is 2. The SMILES string of the molecule is COCCCc1cnc(-c2ccc3c(F)c(CCc4ccc(F)c(F)c4)ccc3c2)nc1. The lowest BCUT2D eigenvalue weighted by molar-refractivity contribution is 0.195. The molecule has 0 unspecified atom stereocenters. The predicted molar refractivity (Wildman–Crippen MR) is 119 cm³/mol. The first-order chi connectivity index (χ1) is 15.5. The normalized spacial score (nSPS) is 11.2. The Morgan fingerprint density at radius 2 is 1.59 bits per heavy atom. The molecular weight excluding hydrogens is 413 g/mol. The topological polar surface area (TPSA) is 35.0 Å². The van der Waals surface area contributed by atoms with E-state index in [-0.39, 0.29) is 5.82 Å². The van der Waals surface area contributed by atoms with E-state index in [0.29, 0.717) is 41.8 Å². The van der Waals surface area contributed by atoms with E-state index in [1.165, 1.54) is 6.07 Å². The number of rotatable bonds is 8. The van der Waals surface area contributed by atoms with Crippen LogP contribution in [0.5, 0.6) is 0 Å². The minimum atomic E-state index is -0.890. The summed E-state index contributed by atoms with van der Waals surface area (Å²) >= 11 is 0. The highest BCUT2D eigenvalue weighted by atomic mass is 19.2. The van der Waals surface area contributed by atoms with E-state index in [2.05, 4.69) is 9.97 Å². The molecule has 0 fully saturated rings. The number of nitrogens with zero attached hydrogens (tertiary/aromatic N) is 2. The quantitative estimate of drug-likeness (QED) is 0.314. The van der Waals surface area contributed by atoms with Crippen LogP contribution in [0.15, 0.2) is 60.9 Å². The van der Waals surface area contributed by atoms with Crippen LogP contribution in [-0.4, -0.2) is 23.7 Å². The molecule has 32 heavy (non-hydrogen) atoms. The maximum Gasteiger partial charge on any atom is 0.159 e. The maximum absolute atomic E-state index is 15.1. The van der Waals surface area contributed by atoms with E-state index < -0.39 is 11.6 Å². The van der Waals surface area contributed by atoms with Crippen LogP contribution in [0.1, 0.15) is 23.1 Å². The summed E-state index contributed by atoms with van der Waals surface area (Å²) in [5.41, 5.74) is 3.02. The lowest BCUT2D eigenvalue weighted by Crippen LogP contribution is -1.98. The highest BCUT2D eigenvalue weighted by Gasteiger charge is 2.11. The molecule has 0 amide bonds. The van der Waals surface area contributed by atoms with Gasteiger partial charge in [-0.15, -0.1) is 0 Å². The Morgan fingerprint density at radius 1 is 0.781 bits per heavy atom. The summed E-state index contributed by atoms with van der Waals surface area (Å²) in [4.78, 5) is 8.90. The first-order valence-electron chi connectivity index (χ1n) is 10.5. The van der Waals surface area contributed by atoms with Gasteiger partial charge in [-0.3, -0.25) is 0 Å². The fraction of sp³-hybridized carbons (Fsp3) is 0.231. The van der Waals surface area contributed by atoms with Gasteiger partial charge in [0.05, 0.1) is 0 Å². The van der Waals surface area contributed by atoms with Crippen molar-refractivity contribution in [2.45, 2.75) is 25.7 Å². The van der Waals surface area contributed by atoms with Crippen LogP contribution in [0.3, 0.4) is 0 Å². The van der Waals surface area contributed by atoms with Gasteiger partial charge in [-0.2, -0.15) is 0 Å². The zero-order chi connectivity index (χ0) is 22.5. The summed E-state index contributed by atoms with van der Waals surface area (Å²) in [6.45, 7) is 0.695. The minimum Gasteiger partial charge on any atom is -0.385 e. The van der Waals surface area contributed by atoms with Crippen molar-refractivity contribution in [2.75, 3.05) is 13.7 Å². The summed E-state index contributed by atoms with van der Waals surface area (Å²) in [6.07, 6.45) is 6.19. The standard InChI is InChI=1S/C26H23F3N2O/c1-32-12-2-3-18-15-30-26(31-16-18)21-9-10-22-20(14-21)8-7-19(25(22)29)6-4-17-5-11-23(27)24(28)13-17/h5,7-11,13-16H,2-4,6,12H2,1H3. The molecule has 0 bridgehead atoms. The van der Waals surface area contributed by atoms with E-state index in [9.17, 15) is 8.78 Å². The number of methoxy groups -OCH3 is 1. The van der Waals surface area contributed by atoms with Gasteiger partial charge in [0.25, 0.3) is 0 Å². The van der Waals surface area contributed by atoms with E-state index >= 15 is 4.39 Å². The van der Waals surface area contributed by atoms with E-state index in [1.807, 2.05) is 30.6 Å². The van der Waals surface area contributed by atoms with Crippen molar-refractivity contribution in [2.24, 2.45) is 0 Å². The van der Waals surface area contributed by atoms with Crippen molar-refractivity contribution in [1.82, 2.24) is 9.97 Å². The average molecular weight is 436 g/mol. The zero-order valence-electron chi connectivity index (χ0n) is 17.7. The van der Waals surface area contributed by atoms with Crippen molar-refractivity contribution in [1.29, 1.82) is 0 Å². The summed E-state index contributed by atoms with van der Waals surface area (Å²) in [5.74, 6) is -1.48. The smallest absolute Gasteiger partial charge is 0.159 e. The van der Waals surface area contributed by atoms with E-state index in [1.54, 1.807) is 19.2 Å². The molecule has 0 spiro atoms. The van der Waals surface area contributed by atoms with Crippen LogP contribution in [0.2, 0.25) is 0 Å². The van der Waals surface area contributed by atoms with Crippen molar-refractivity contribution in [3.63, 3.8) is 0 Å². The number of halogens is 3. The molecule has 1 heterocycles. The molecule has 0 N–H and O–H groups in total. The van der Waals surface area contributed by atoms with E-state index in [0.717, 1.165) is 41.5 Å². The van der Waals surface area contributed by atoms with Gasteiger partial charge in [0, 0.05) is 37.1 Å². The first-order valence-corrected chi connectivity index (χ1v) is 10.5. The number of aryl methyl sites for hydroxylation is 3. The molecule has 3 nitrogen and oxygen atoms in total. The van der Waals surface area contributed by atoms with Gasteiger partial charge in [-0.1, -0.05) is 30.3 Å². The fourth-order valence-electron chi connectivity index (χ4n) is 3.70. The molecule has 164 valence electrons. The summed E-state index contributed by atoms with van der Waals surface area (Å²) in [6, 6.07) is 12.8. The number of benzene rings is 3.